The van der Waals surface area contributed by atoms with Gasteiger partial charge in [0.2, 0.25) is 0 Å². The van der Waals surface area contributed by atoms with Crippen LogP contribution in [0.1, 0.15) is 31.9 Å². The molecule has 0 aliphatic heterocycles. The molecule has 0 aliphatic rings. The Balaban J connectivity index is 2.92. The van der Waals surface area contributed by atoms with Crippen molar-refractivity contribution in [2.45, 2.75) is 32.6 Å². The first-order valence-corrected chi connectivity index (χ1v) is 5.87. The zero-order valence-corrected chi connectivity index (χ0v) is 10.2. The van der Waals surface area contributed by atoms with Crippen LogP contribution in [0.2, 0.25) is 0 Å². The Morgan fingerprint density at radius 3 is 2.08 bits per heavy atom. The Labute approximate surface area is 89.5 Å². The highest BCUT2D eigenvalue weighted by molar-refractivity contribution is 9.09. The molecule has 72 valence electrons. The van der Waals surface area contributed by atoms with Crippen molar-refractivity contribution < 1.29 is 0 Å². The summed E-state index contributed by atoms with van der Waals surface area (Å²) in [6.45, 7) is 6.69. The molecule has 1 aromatic rings. The summed E-state index contributed by atoms with van der Waals surface area (Å²) >= 11 is 3.54. The van der Waals surface area contributed by atoms with Gasteiger partial charge in [-0.15, -0.1) is 0 Å². The number of alkyl halides is 1. The number of aryl methyl sites for hydroxylation is 1. The predicted molar refractivity (Wildman–Crippen MR) is 62.6 cm³/mol. The first kappa shape index (κ1) is 10.8. The van der Waals surface area contributed by atoms with Gasteiger partial charge in [0, 0.05) is 5.33 Å². The van der Waals surface area contributed by atoms with E-state index in [2.05, 4.69) is 61.0 Å². The lowest BCUT2D eigenvalue weighted by molar-refractivity contribution is 0.606. The summed E-state index contributed by atoms with van der Waals surface area (Å²) in [7, 11) is 0. The molecule has 0 spiro atoms. The zero-order chi connectivity index (χ0) is 9.90. The van der Waals surface area contributed by atoms with Crippen molar-refractivity contribution >= 4 is 15.9 Å². The van der Waals surface area contributed by atoms with Crippen molar-refractivity contribution in [3.05, 3.63) is 35.4 Å². The Bertz CT molecular complexity index is 259. The largest absolute Gasteiger partial charge is 0.0919 e. The normalized spacial score (nSPS) is 11.7. The first-order chi connectivity index (χ1) is 6.10. The summed E-state index contributed by atoms with van der Waals surface area (Å²) in [5, 5.41) is 1.01. The van der Waals surface area contributed by atoms with Gasteiger partial charge in [-0.1, -0.05) is 61.0 Å². The van der Waals surface area contributed by atoms with Gasteiger partial charge < -0.3 is 0 Å². The maximum absolute atomic E-state index is 3.54. The van der Waals surface area contributed by atoms with E-state index in [0.29, 0.717) is 0 Å². The minimum Gasteiger partial charge on any atom is -0.0919 e. The maximum atomic E-state index is 3.54. The molecule has 0 fully saturated rings. The summed E-state index contributed by atoms with van der Waals surface area (Å²) in [6, 6.07) is 8.92. The van der Waals surface area contributed by atoms with E-state index in [1.807, 2.05) is 0 Å². The third-order valence-corrected chi connectivity index (χ3v) is 3.88. The van der Waals surface area contributed by atoms with E-state index in [9.17, 15) is 0 Å². The molecule has 0 heterocycles. The highest BCUT2D eigenvalue weighted by Crippen LogP contribution is 2.25. The molecule has 0 saturated heterocycles. The average Bonchev–Trinajstić information content (AvgIpc) is 2.18. The Kier molecular flexibility index (Phi) is 3.55. The summed E-state index contributed by atoms with van der Waals surface area (Å²) in [6.07, 6.45) is 1.12. The van der Waals surface area contributed by atoms with Crippen LogP contribution in [0.4, 0.5) is 0 Å². The molecule has 13 heavy (non-hydrogen) atoms. The lowest BCUT2D eigenvalue weighted by Gasteiger charge is -2.22. The van der Waals surface area contributed by atoms with Crippen molar-refractivity contribution in [3.63, 3.8) is 0 Å². The van der Waals surface area contributed by atoms with Crippen LogP contribution in [0.15, 0.2) is 24.3 Å². The molecule has 1 rings (SSSR count). The number of rotatable bonds is 3. The molecule has 0 saturated carbocycles. The topological polar surface area (TPSA) is 0 Å². The number of halogens is 1. The van der Waals surface area contributed by atoms with Gasteiger partial charge in [-0.25, -0.2) is 0 Å². The number of hydrogen-bond donors (Lipinski definition) is 0. The van der Waals surface area contributed by atoms with Crippen molar-refractivity contribution in [2.75, 3.05) is 5.33 Å². The van der Waals surface area contributed by atoms with Crippen LogP contribution in [0.5, 0.6) is 0 Å². The van der Waals surface area contributed by atoms with Crippen LogP contribution in [-0.4, -0.2) is 5.33 Å². The molecule has 0 unspecified atom stereocenters. The minimum atomic E-state index is 0.242. The van der Waals surface area contributed by atoms with Crippen LogP contribution in [-0.2, 0) is 11.8 Å². The molecule has 1 aromatic carbocycles. The number of benzene rings is 1. The van der Waals surface area contributed by atoms with Crippen LogP contribution in [0, 0.1) is 0 Å². The van der Waals surface area contributed by atoms with E-state index in [-0.39, 0.29) is 5.41 Å². The van der Waals surface area contributed by atoms with Gasteiger partial charge in [-0.2, -0.15) is 0 Å². The minimum absolute atomic E-state index is 0.242. The fourth-order valence-corrected chi connectivity index (χ4v) is 1.59. The molecule has 0 atom stereocenters. The van der Waals surface area contributed by atoms with Crippen molar-refractivity contribution in [1.29, 1.82) is 0 Å². The third-order valence-electron chi connectivity index (χ3n) is 2.48. The summed E-state index contributed by atoms with van der Waals surface area (Å²) in [5.41, 5.74) is 3.06. The second-order valence-corrected chi connectivity index (χ2v) is 4.63. The molecule has 0 aromatic heterocycles. The van der Waals surface area contributed by atoms with Gasteiger partial charge in [-0.3, -0.25) is 0 Å². The van der Waals surface area contributed by atoms with E-state index in [0.717, 1.165) is 11.8 Å². The SMILES string of the molecule is CCc1ccc(C(C)(C)CBr)cc1. The van der Waals surface area contributed by atoms with Gasteiger partial charge >= 0.3 is 0 Å². The quantitative estimate of drug-likeness (QED) is 0.703. The lowest BCUT2D eigenvalue weighted by Crippen LogP contribution is -2.18. The zero-order valence-electron chi connectivity index (χ0n) is 8.60. The smallest absolute Gasteiger partial charge is 0.0123 e. The summed E-state index contributed by atoms with van der Waals surface area (Å²) in [4.78, 5) is 0. The van der Waals surface area contributed by atoms with E-state index in [1.54, 1.807) is 0 Å². The molecule has 0 amide bonds. The number of hydrogen-bond acceptors (Lipinski definition) is 0. The first-order valence-electron chi connectivity index (χ1n) is 4.75. The van der Waals surface area contributed by atoms with Crippen LogP contribution >= 0.6 is 15.9 Å². The van der Waals surface area contributed by atoms with E-state index in [4.69, 9.17) is 0 Å². The molecular weight excluding hydrogens is 224 g/mol. The van der Waals surface area contributed by atoms with Gasteiger partial charge in [0.1, 0.15) is 0 Å². The molecule has 0 N–H and O–H groups in total. The monoisotopic (exact) mass is 240 g/mol. The van der Waals surface area contributed by atoms with Gasteiger partial charge in [0.05, 0.1) is 0 Å². The Hall–Kier alpha value is -0.300. The fourth-order valence-electron chi connectivity index (χ4n) is 1.27. The Morgan fingerprint density at radius 2 is 1.69 bits per heavy atom. The molecular formula is C12H17Br. The van der Waals surface area contributed by atoms with Crippen molar-refractivity contribution in [3.8, 4) is 0 Å². The van der Waals surface area contributed by atoms with Gasteiger partial charge in [-0.05, 0) is 23.0 Å². The molecule has 1 heteroatoms. The average molecular weight is 241 g/mol. The summed E-state index contributed by atoms with van der Waals surface area (Å²) in [5.74, 6) is 0. The van der Waals surface area contributed by atoms with E-state index >= 15 is 0 Å². The second kappa shape index (κ2) is 4.28. The van der Waals surface area contributed by atoms with Crippen LogP contribution in [0.25, 0.3) is 0 Å². The van der Waals surface area contributed by atoms with E-state index in [1.165, 1.54) is 11.1 Å². The highest BCUT2D eigenvalue weighted by atomic mass is 79.9. The molecule has 0 nitrogen and oxygen atoms in total. The van der Waals surface area contributed by atoms with Crippen molar-refractivity contribution in [1.82, 2.24) is 0 Å². The Morgan fingerprint density at radius 1 is 1.15 bits per heavy atom. The maximum Gasteiger partial charge on any atom is 0.0123 e. The van der Waals surface area contributed by atoms with Crippen LogP contribution < -0.4 is 0 Å². The second-order valence-electron chi connectivity index (χ2n) is 4.07. The summed E-state index contributed by atoms with van der Waals surface area (Å²) < 4.78 is 0. The van der Waals surface area contributed by atoms with Gasteiger partial charge in [0.25, 0.3) is 0 Å². The molecule has 0 radical (unpaired) electrons. The highest BCUT2D eigenvalue weighted by Gasteiger charge is 2.18. The molecule has 0 aliphatic carbocycles. The fraction of sp³-hybridized carbons (Fsp3) is 0.500. The standard InChI is InChI=1S/C12H17Br/c1-4-10-5-7-11(8-6-10)12(2,3)9-13/h5-8H,4,9H2,1-3H3. The molecule has 0 bridgehead atoms. The van der Waals surface area contributed by atoms with Gasteiger partial charge in [0.15, 0.2) is 0 Å². The predicted octanol–water partition coefficient (Wildman–Crippen LogP) is 3.92. The lowest BCUT2D eigenvalue weighted by atomic mass is 9.86. The third kappa shape index (κ3) is 2.57. The van der Waals surface area contributed by atoms with Crippen LogP contribution in [0.3, 0.4) is 0 Å². The van der Waals surface area contributed by atoms with E-state index < -0.39 is 0 Å². The van der Waals surface area contributed by atoms with Crippen molar-refractivity contribution in [2.24, 2.45) is 0 Å².